The average molecular weight is 386 g/mol. The summed E-state index contributed by atoms with van der Waals surface area (Å²) >= 11 is 3.18. The Hall–Kier alpha value is -2.51. The number of thiazole rings is 1. The van der Waals surface area contributed by atoms with E-state index in [1.54, 1.807) is 22.7 Å². The number of nitrogens with one attached hydrogen (secondary N) is 2. The number of carbonyl (C=O) groups excluding carboxylic acids is 2. The van der Waals surface area contributed by atoms with E-state index >= 15 is 0 Å². The quantitative estimate of drug-likeness (QED) is 0.651. The summed E-state index contributed by atoms with van der Waals surface area (Å²) in [5.74, 6) is -0.0485. The van der Waals surface area contributed by atoms with E-state index in [1.165, 1.54) is 6.92 Å². The minimum absolute atomic E-state index is 0.0396. The minimum atomic E-state index is -0.0881. The Bertz CT molecular complexity index is 871. The van der Waals surface area contributed by atoms with Crippen molar-refractivity contribution in [2.24, 2.45) is 0 Å². The van der Waals surface area contributed by atoms with Gasteiger partial charge >= 0.3 is 0 Å². The molecule has 0 saturated carbocycles. The molecule has 0 spiro atoms. The predicted molar refractivity (Wildman–Crippen MR) is 107 cm³/mol. The van der Waals surface area contributed by atoms with E-state index in [0.29, 0.717) is 19.4 Å². The number of aromatic nitrogens is 1. The van der Waals surface area contributed by atoms with Crippen LogP contribution in [-0.4, -0.2) is 23.3 Å². The van der Waals surface area contributed by atoms with Gasteiger partial charge in [-0.1, -0.05) is 18.2 Å². The second-order valence-corrected chi connectivity index (χ2v) is 7.72. The SMILES string of the molecule is CC(=O)Nc1ccc(-c2csc(CCNC(=O)Cc3cccs3)n2)cc1. The van der Waals surface area contributed by atoms with E-state index in [0.717, 1.165) is 26.8 Å². The average Bonchev–Trinajstić information content (AvgIpc) is 3.27. The number of amides is 2. The summed E-state index contributed by atoms with van der Waals surface area (Å²) in [5.41, 5.74) is 2.68. The zero-order valence-electron chi connectivity index (χ0n) is 14.3. The summed E-state index contributed by atoms with van der Waals surface area (Å²) in [6.45, 7) is 2.07. The zero-order valence-corrected chi connectivity index (χ0v) is 16.0. The number of hydrogen-bond acceptors (Lipinski definition) is 5. The van der Waals surface area contributed by atoms with Crippen molar-refractivity contribution in [1.29, 1.82) is 0 Å². The molecule has 3 aromatic rings. The Morgan fingerprint density at radius 1 is 1.12 bits per heavy atom. The van der Waals surface area contributed by atoms with E-state index in [9.17, 15) is 9.59 Å². The summed E-state index contributed by atoms with van der Waals surface area (Å²) < 4.78 is 0. The molecule has 134 valence electrons. The lowest BCUT2D eigenvalue weighted by molar-refractivity contribution is -0.120. The fourth-order valence-electron chi connectivity index (χ4n) is 2.43. The highest BCUT2D eigenvalue weighted by Gasteiger charge is 2.07. The van der Waals surface area contributed by atoms with Gasteiger partial charge in [0.15, 0.2) is 0 Å². The van der Waals surface area contributed by atoms with Crippen LogP contribution in [0.2, 0.25) is 0 Å². The maximum atomic E-state index is 11.9. The lowest BCUT2D eigenvalue weighted by atomic mass is 10.1. The topological polar surface area (TPSA) is 71.1 Å². The van der Waals surface area contributed by atoms with Gasteiger partial charge in [0.2, 0.25) is 11.8 Å². The molecular weight excluding hydrogens is 366 g/mol. The molecule has 2 N–H and O–H groups in total. The third-order valence-electron chi connectivity index (χ3n) is 3.63. The van der Waals surface area contributed by atoms with Gasteiger partial charge < -0.3 is 10.6 Å². The molecule has 0 atom stereocenters. The van der Waals surface area contributed by atoms with Crippen LogP contribution in [0.3, 0.4) is 0 Å². The second-order valence-electron chi connectivity index (χ2n) is 5.74. The highest BCUT2D eigenvalue weighted by Crippen LogP contribution is 2.23. The number of hydrogen-bond donors (Lipinski definition) is 2. The van der Waals surface area contributed by atoms with Crippen LogP contribution in [0.4, 0.5) is 5.69 Å². The van der Waals surface area contributed by atoms with Crippen LogP contribution in [0.15, 0.2) is 47.2 Å². The molecule has 2 aromatic heterocycles. The van der Waals surface area contributed by atoms with Crippen molar-refractivity contribution in [3.8, 4) is 11.3 Å². The van der Waals surface area contributed by atoms with E-state index in [4.69, 9.17) is 0 Å². The zero-order chi connectivity index (χ0) is 18.4. The third kappa shape index (κ3) is 5.24. The molecule has 1 aromatic carbocycles. The van der Waals surface area contributed by atoms with Crippen molar-refractivity contribution < 1.29 is 9.59 Å². The Kier molecular flexibility index (Phi) is 6.14. The molecule has 5 nitrogen and oxygen atoms in total. The second kappa shape index (κ2) is 8.73. The van der Waals surface area contributed by atoms with Gasteiger partial charge in [0, 0.05) is 41.4 Å². The van der Waals surface area contributed by atoms with Crippen LogP contribution < -0.4 is 10.6 Å². The minimum Gasteiger partial charge on any atom is -0.355 e. The lowest BCUT2D eigenvalue weighted by Gasteiger charge is -2.03. The van der Waals surface area contributed by atoms with Gasteiger partial charge in [-0.3, -0.25) is 9.59 Å². The molecular formula is C19H19N3O2S2. The van der Waals surface area contributed by atoms with Crippen molar-refractivity contribution in [1.82, 2.24) is 10.3 Å². The fraction of sp³-hybridized carbons (Fsp3) is 0.211. The van der Waals surface area contributed by atoms with Crippen LogP contribution in [-0.2, 0) is 22.4 Å². The Balaban J connectivity index is 1.50. The lowest BCUT2D eigenvalue weighted by Crippen LogP contribution is -2.26. The van der Waals surface area contributed by atoms with Crippen LogP contribution in [0.25, 0.3) is 11.3 Å². The molecule has 0 aliphatic carbocycles. The summed E-state index contributed by atoms with van der Waals surface area (Å²) in [6, 6.07) is 11.5. The molecule has 3 rings (SSSR count). The highest BCUT2D eigenvalue weighted by atomic mass is 32.1. The normalized spacial score (nSPS) is 10.5. The first-order valence-electron chi connectivity index (χ1n) is 8.21. The first-order chi connectivity index (χ1) is 12.6. The number of carbonyl (C=O) groups is 2. The number of anilines is 1. The van der Waals surface area contributed by atoms with Gasteiger partial charge in [-0.05, 0) is 23.6 Å². The van der Waals surface area contributed by atoms with Crippen molar-refractivity contribution in [3.05, 3.63) is 57.0 Å². The van der Waals surface area contributed by atoms with Gasteiger partial charge in [0.1, 0.15) is 0 Å². The predicted octanol–water partition coefficient (Wildman–Crippen LogP) is 3.73. The summed E-state index contributed by atoms with van der Waals surface area (Å²) in [4.78, 5) is 28.6. The first-order valence-corrected chi connectivity index (χ1v) is 9.97. The maximum absolute atomic E-state index is 11.9. The van der Waals surface area contributed by atoms with Crippen molar-refractivity contribution >= 4 is 40.2 Å². The fourth-order valence-corrected chi connectivity index (χ4v) is 3.94. The van der Waals surface area contributed by atoms with Crippen LogP contribution in [0.5, 0.6) is 0 Å². The van der Waals surface area contributed by atoms with Crippen LogP contribution in [0, 0.1) is 0 Å². The third-order valence-corrected chi connectivity index (χ3v) is 5.41. The number of thiophene rings is 1. The molecule has 26 heavy (non-hydrogen) atoms. The number of nitrogens with zero attached hydrogens (tertiary/aromatic N) is 1. The molecule has 0 unspecified atom stereocenters. The van der Waals surface area contributed by atoms with Gasteiger partial charge in [0.25, 0.3) is 0 Å². The Labute approximate surface area is 160 Å². The van der Waals surface area contributed by atoms with E-state index < -0.39 is 0 Å². The largest absolute Gasteiger partial charge is 0.355 e. The monoisotopic (exact) mass is 385 g/mol. The summed E-state index contributed by atoms with van der Waals surface area (Å²) in [5, 5.41) is 10.7. The molecule has 2 heterocycles. The van der Waals surface area contributed by atoms with Gasteiger partial charge in [-0.15, -0.1) is 22.7 Å². The van der Waals surface area contributed by atoms with Gasteiger partial charge in [-0.25, -0.2) is 4.98 Å². The number of rotatable bonds is 7. The Morgan fingerprint density at radius 2 is 1.92 bits per heavy atom. The molecule has 0 bridgehead atoms. The molecule has 0 saturated heterocycles. The van der Waals surface area contributed by atoms with Gasteiger partial charge in [0.05, 0.1) is 17.1 Å². The summed E-state index contributed by atoms with van der Waals surface area (Å²) in [7, 11) is 0. The van der Waals surface area contributed by atoms with Crippen molar-refractivity contribution in [2.75, 3.05) is 11.9 Å². The summed E-state index contributed by atoms with van der Waals surface area (Å²) in [6.07, 6.45) is 1.15. The molecule has 0 aliphatic heterocycles. The highest BCUT2D eigenvalue weighted by molar-refractivity contribution is 7.10. The maximum Gasteiger partial charge on any atom is 0.225 e. The van der Waals surface area contributed by atoms with Crippen LogP contribution in [0.1, 0.15) is 16.8 Å². The smallest absolute Gasteiger partial charge is 0.225 e. The van der Waals surface area contributed by atoms with E-state index in [-0.39, 0.29) is 11.8 Å². The first kappa shape index (κ1) is 18.3. The molecule has 0 fully saturated rings. The standard InChI is InChI=1S/C19H19N3O2S2/c1-13(23)21-15-6-4-14(5-7-15)17-12-26-19(22-17)8-9-20-18(24)11-16-3-2-10-25-16/h2-7,10,12H,8-9,11H2,1H3,(H,20,24)(H,21,23). The van der Waals surface area contributed by atoms with Crippen molar-refractivity contribution in [2.45, 2.75) is 19.8 Å². The Morgan fingerprint density at radius 3 is 2.62 bits per heavy atom. The van der Waals surface area contributed by atoms with Crippen molar-refractivity contribution in [3.63, 3.8) is 0 Å². The van der Waals surface area contributed by atoms with E-state index in [1.807, 2.05) is 47.2 Å². The van der Waals surface area contributed by atoms with Crippen LogP contribution >= 0.6 is 22.7 Å². The molecule has 0 aliphatic rings. The molecule has 7 heteroatoms. The van der Waals surface area contributed by atoms with Gasteiger partial charge in [-0.2, -0.15) is 0 Å². The number of benzene rings is 1. The molecule has 2 amide bonds. The van der Waals surface area contributed by atoms with E-state index in [2.05, 4.69) is 15.6 Å². The molecule has 0 radical (unpaired) electrons.